The molecular weight excluding hydrogens is 489 g/mol. The van der Waals surface area contributed by atoms with E-state index in [2.05, 4.69) is 0 Å². The van der Waals surface area contributed by atoms with Gasteiger partial charge in [-0.05, 0) is 54.6 Å². The first-order chi connectivity index (χ1) is 15.3. The minimum absolute atomic E-state index is 0. The first-order valence-electron chi connectivity index (χ1n) is 9.79. The fourth-order valence-electron chi connectivity index (χ4n) is 4.18. The number of likely N-dealkylation sites (N-methyl/N-ethyl adjacent to an activating group) is 1. The molecule has 3 aromatic carbocycles. The number of halogens is 3. The van der Waals surface area contributed by atoms with E-state index >= 15 is 0 Å². The maximum Gasteiger partial charge on any atom is 0.416 e. The quantitative estimate of drug-likeness (QED) is 0.312. The number of carboxylic acid groups (broad SMARTS) is 1. The summed E-state index contributed by atoms with van der Waals surface area (Å²) < 4.78 is 0. The number of para-hydroxylation sites is 1. The zero-order chi connectivity index (χ0) is 23.0. The zero-order valence-corrected chi connectivity index (χ0v) is 19.8. The van der Waals surface area contributed by atoms with Gasteiger partial charge in [-0.25, -0.2) is 9.69 Å². The van der Waals surface area contributed by atoms with Crippen LogP contribution >= 0.6 is 35.6 Å². The van der Waals surface area contributed by atoms with Crippen molar-refractivity contribution in [2.75, 3.05) is 18.5 Å². The Morgan fingerprint density at radius 2 is 1.79 bits per heavy atom. The summed E-state index contributed by atoms with van der Waals surface area (Å²) in [5.74, 6) is -0.410. The molecule has 0 bridgehead atoms. The van der Waals surface area contributed by atoms with Crippen molar-refractivity contribution in [3.8, 4) is 0 Å². The summed E-state index contributed by atoms with van der Waals surface area (Å²) in [6.07, 6.45) is -1.19. The SMILES string of the molecule is CN1Cc2c(Cl)cc(Cl)cc2C(c2cc(N(C(=O)O)c3ccccc3)ccc2[N+](=O)[O-])C1.Cl. The molecule has 33 heavy (non-hydrogen) atoms. The number of fused-ring (bicyclic) bond motifs is 1. The van der Waals surface area contributed by atoms with Crippen LogP contribution in [0.3, 0.4) is 0 Å². The van der Waals surface area contributed by atoms with Crippen molar-refractivity contribution in [1.82, 2.24) is 4.90 Å². The molecule has 4 rings (SSSR count). The Kier molecular flexibility index (Phi) is 7.49. The van der Waals surface area contributed by atoms with Gasteiger partial charge in [-0.1, -0.05) is 41.4 Å². The second-order valence-electron chi connectivity index (χ2n) is 7.66. The molecule has 1 aliphatic rings. The van der Waals surface area contributed by atoms with Crippen molar-refractivity contribution in [2.45, 2.75) is 12.5 Å². The summed E-state index contributed by atoms with van der Waals surface area (Å²) in [7, 11) is 1.91. The van der Waals surface area contributed by atoms with Crippen LogP contribution < -0.4 is 4.90 Å². The van der Waals surface area contributed by atoms with Crippen LogP contribution in [0, 0.1) is 10.1 Å². The van der Waals surface area contributed by atoms with Crippen LogP contribution in [0.1, 0.15) is 22.6 Å². The van der Waals surface area contributed by atoms with Crippen molar-refractivity contribution in [3.63, 3.8) is 0 Å². The molecule has 0 aliphatic carbocycles. The lowest BCUT2D eigenvalue weighted by Gasteiger charge is -2.33. The highest BCUT2D eigenvalue weighted by Gasteiger charge is 2.32. The van der Waals surface area contributed by atoms with Gasteiger partial charge in [-0.2, -0.15) is 0 Å². The van der Waals surface area contributed by atoms with Crippen LogP contribution in [-0.4, -0.2) is 34.6 Å². The standard InChI is InChI=1S/C23H19Cl2N3O4.ClH/c1-26-12-19(17-9-14(24)10-21(25)20(17)13-26)18-11-16(7-8-22(18)28(31)32)27(23(29)30)15-5-3-2-4-6-15;/h2-11,19H,12-13H2,1H3,(H,29,30);1H. The summed E-state index contributed by atoms with van der Waals surface area (Å²) in [5.41, 5.74) is 2.73. The highest BCUT2D eigenvalue weighted by atomic mass is 35.5. The molecule has 0 saturated heterocycles. The molecule has 0 aromatic heterocycles. The normalized spacial score (nSPS) is 15.3. The number of hydrogen-bond donors (Lipinski definition) is 1. The number of nitrogens with zero attached hydrogens (tertiary/aromatic N) is 3. The lowest BCUT2D eigenvalue weighted by atomic mass is 9.83. The minimum Gasteiger partial charge on any atom is -0.464 e. The average molecular weight is 509 g/mol. The summed E-state index contributed by atoms with van der Waals surface area (Å²) in [6, 6.07) is 16.4. The summed E-state index contributed by atoms with van der Waals surface area (Å²) >= 11 is 12.7. The van der Waals surface area contributed by atoms with Crippen molar-refractivity contribution in [2.24, 2.45) is 0 Å². The number of amides is 1. The van der Waals surface area contributed by atoms with E-state index in [4.69, 9.17) is 23.2 Å². The van der Waals surface area contributed by atoms with Gasteiger partial charge in [-0.15, -0.1) is 12.4 Å². The number of nitro groups is 1. The van der Waals surface area contributed by atoms with E-state index in [1.54, 1.807) is 48.5 Å². The Morgan fingerprint density at radius 3 is 2.42 bits per heavy atom. The molecule has 1 aliphatic heterocycles. The predicted octanol–water partition coefficient (Wildman–Crippen LogP) is 6.72. The molecule has 1 atom stereocenters. The number of carbonyl (C=O) groups is 1. The minimum atomic E-state index is -1.19. The van der Waals surface area contributed by atoms with E-state index in [-0.39, 0.29) is 18.1 Å². The van der Waals surface area contributed by atoms with Gasteiger partial charge in [0.2, 0.25) is 0 Å². The largest absolute Gasteiger partial charge is 0.464 e. The zero-order valence-electron chi connectivity index (χ0n) is 17.4. The number of hydrogen-bond acceptors (Lipinski definition) is 4. The predicted molar refractivity (Wildman–Crippen MR) is 132 cm³/mol. The second kappa shape index (κ2) is 9.97. The van der Waals surface area contributed by atoms with Gasteiger partial charge in [0.05, 0.1) is 16.3 Å². The van der Waals surface area contributed by atoms with Crippen molar-refractivity contribution < 1.29 is 14.8 Å². The molecule has 1 unspecified atom stereocenters. The Labute approximate surface area is 206 Å². The first kappa shape index (κ1) is 24.8. The fourth-order valence-corrected chi connectivity index (χ4v) is 4.75. The summed E-state index contributed by atoms with van der Waals surface area (Å²) in [4.78, 5) is 26.7. The van der Waals surface area contributed by atoms with Gasteiger partial charge in [0.15, 0.2) is 0 Å². The highest BCUT2D eigenvalue weighted by Crippen LogP contribution is 2.42. The van der Waals surface area contributed by atoms with Crippen LogP contribution in [0.5, 0.6) is 0 Å². The molecule has 0 radical (unpaired) electrons. The Hall–Kier alpha value is -2.84. The monoisotopic (exact) mass is 507 g/mol. The molecule has 1 heterocycles. The van der Waals surface area contributed by atoms with Crippen LogP contribution in [0.25, 0.3) is 0 Å². The summed E-state index contributed by atoms with van der Waals surface area (Å²) in [5, 5.41) is 22.7. The van der Waals surface area contributed by atoms with Gasteiger partial charge in [-0.3, -0.25) is 10.1 Å². The maximum atomic E-state index is 12.1. The first-order valence-corrected chi connectivity index (χ1v) is 10.5. The van der Waals surface area contributed by atoms with E-state index in [9.17, 15) is 20.0 Å². The van der Waals surface area contributed by atoms with Gasteiger partial charge in [0, 0.05) is 40.7 Å². The van der Waals surface area contributed by atoms with E-state index in [1.807, 2.05) is 11.9 Å². The van der Waals surface area contributed by atoms with Crippen LogP contribution in [0.15, 0.2) is 60.7 Å². The number of benzene rings is 3. The second-order valence-corrected chi connectivity index (χ2v) is 8.50. The van der Waals surface area contributed by atoms with E-state index in [0.717, 1.165) is 16.0 Å². The lowest BCUT2D eigenvalue weighted by molar-refractivity contribution is -0.385. The Balaban J connectivity index is 0.00000306. The van der Waals surface area contributed by atoms with Crippen LogP contribution in [0.4, 0.5) is 21.9 Å². The van der Waals surface area contributed by atoms with Crippen molar-refractivity contribution >= 4 is 58.8 Å². The van der Waals surface area contributed by atoms with Crippen molar-refractivity contribution in [3.05, 3.63) is 97.5 Å². The third kappa shape index (κ3) is 4.91. The Bertz CT molecular complexity index is 1210. The van der Waals surface area contributed by atoms with Crippen molar-refractivity contribution in [1.29, 1.82) is 0 Å². The average Bonchev–Trinajstić information content (AvgIpc) is 2.74. The molecule has 172 valence electrons. The van der Waals surface area contributed by atoms with Gasteiger partial charge in [0.25, 0.3) is 5.69 Å². The van der Waals surface area contributed by atoms with Crippen LogP contribution in [-0.2, 0) is 6.54 Å². The van der Waals surface area contributed by atoms with Gasteiger partial charge in [0.1, 0.15) is 0 Å². The molecule has 3 aromatic rings. The Morgan fingerprint density at radius 1 is 1.09 bits per heavy atom. The van der Waals surface area contributed by atoms with E-state index < -0.39 is 16.9 Å². The molecule has 0 fully saturated rings. The third-order valence-electron chi connectivity index (χ3n) is 5.54. The number of anilines is 2. The molecule has 0 spiro atoms. The molecule has 7 nitrogen and oxygen atoms in total. The fraction of sp³-hybridized carbons (Fsp3) is 0.174. The lowest BCUT2D eigenvalue weighted by Crippen LogP contribution is -2.32. The van der Waals surface area contributed by atoms with Gasteiger partial charge < -0.3 is 10.0 Å². The maximum absolute atomic E-state index is 12.1. The number of nitro benzene ring substituents is 1. The smallest absolute Gasteiger partial charge is 0.416 e. The molecule has 1 N–H and O–H groups in total. The molecule has 0 saturated carbocycles. The third-order valence-corrected chi connectivity index (χ3v) is 6.10. The topological polar surface area (TPSA) is 86.9 Å². The molecular formula is C23H20Cl3N3O4. The van der Waals surface area contributed by atoms with E-state index in [1.165, 1.54) is 12.1 Å². The van der Waals surface area contributed by atoms with Crippen LogP contribution in [0.2, 0.25) is 10.0 Å². The van der Waals surface area contributed by atoms with E-state index in [0.29, 0.717) is 40.1 Å². The molecule has 10 heteroatoms. The van der Waals surface area contributed by atoms with Gasteiger partial charge >= 0.3 is 6.09 Å². The highest BCUT2D eigenvalue weighted by molar-refractivity contribution is 6.35. The molecule has 1 amide bonds. The number of rotatable bonds is 4. The summed E-state index contributed by atoms with van der Waals surface area (Å²) in [6.45, 7) is 1.08.